The standard InChI is InChI=1S/C12H24N2/c1-13-8-12(10-4-3-5-10)11-6-7-14(2)9-11/h10-13H,3-9H2,1-2H3. The molecule has 1 N–H and O–H groups in total. The molecule has 14 heavy (non-hydrogen) atoms. The predicted molar refractivity (Wildman–Crippen MR) is 60.4 cm³/mol. The van der Waals surface area contributed by atoms with E-state index in [4.69, 9.17) is 0 Å². The van der Waals surface area contributed by atoms with Crippen LogP contribution in [-0.2, 0) is 0 Å². The van der Waals surface area contributed by atoms with Gasteiger partial charge in [-0.15, -0.1) is 0 Å². The zero-order valence-corrected chi connectivity index (χ0v) is 9.63. The predicted octanol–water partition coefficient (Wildman–Crippen LogP) is 1.57. The van der Waals surface area contributed by atoms with Crippen LogP contribution >= 0.6 is 0 Å². The second kappa shape index (κ2) is 4.63. The Morgan fingerprint density at radius 1 is 1.29 bits per heavy atom. The van der Waals surface area contributed by atoms with Crippen molar-refractivity contribution in [3.63, 3.8) is 0 Å². The minimum absolute atomic E-state index is 0.957. The maximum atomic E-state index is 3.39. The first kappa shape index (κ1) is 10.4. The van der Waals surface area contributed by atoms with Crippen molar-refractivity contribution in [1.82, 2.24) is 10.2 Å². The minimum Gasteiger partial charge on any atom is -0.319 e. The number of hydrogen-bond acceptors (Lipinski definition) is 2. The molecule has 0 radical (unpaired) electrons. The molecule has 2 nitrogen and oxygen atoms in total. The highest BCUT2D eigenvalue weighted by atomic mass is 15.1. The highest BCUT2D eigenvalue weighted by molar-refractivity contribution is 4.87. The van der Waals surface area contributed by atoms with E-state index < -0.39 is 0 Å². The Balaban J connectivity index is 1.88. The molecule has 0 bridgehead atoms. The van der Waals surface area contributed by atoms with Crippen molar-refractivity contribution in [2.75, 3.05) is 33.7 Å². The van der Waals surface area contributed by atoms with Crippen LogP contribution in [-0.4, -0.2) is 38.6 Å². The molecule has 0 amide bonds. The summed E-state index contributed by atoms with van der Waals surface area (Å²) < 4.78 is 0. The summed E-state index contributed by atoms with van der Waals surface area (Å²) in [6.07, 6.45) is 5.89. The summed E-state index contributed by atoms with van der Waals surface area (Å²) in [5.41, 5.74) is 0. The molecule has 0 aromatic heterocycles. The monoisotopic (exact) mass is 196 g/mol. The molecular weight excluding hydrogens is 172 g/mol. The number of rotatable bonds is 4. The summed E-state index contributed by atoms with van der Waals surface area (Å²) in [5, 5.41) is 3.39. The number of hydrogen-bond donors (Lipinski definition) is 1. The molecule has 2 aliphatic rings. The molecule has 2 fully saturated rings. The van der Waals surface area contributed by atoms with Gasteiger partial charge in [0.2, 0.25) is 0 Å². The first-order chi connectivity index (χ1) is 6.81. The van der Waals surface area contributed by atoms with E-state index in [0.717, 1.165) is 17.8 Å². The lowest BCUT2D eigenvalue weighted by Gasteiger charge is -2.37. The van der Waals surface area contributed by atoms with Crippen molar-refractivity contribution < 1.29 is 0 Å². The summed E-state index contributed by atoms with van der Waals surface area (Å²) in [6.45, 7) is 3.89. The van der Waals surface area contributed by atoms with Gasteiger partial charge >= 0.3 is 0 Å². The molecule has 1 saturated heterocycles. The van der Waals surface area contributed by atoms with Crippen molar-refractivity contribution in [2.24, 2.45) is 17.8 Å². The van der Waals surface area contributed by atoms with Gasteiger partial charge in [0.1, 0.15) is 0 Å². The van der Waals surface area contributed by atoms with Crippen LogP contribution in [0.4, 0.5) is 0 Å². The molecule has 2 rings (SSSR count). The van der Waals surface area contributed by atoms with E-state index in [2.05, 4.69) is 24.3 Å². The summed E-state index contributed by atoms with van der Waals surface area (Å²) >= 11 is 0. The van der Waals surface area contributed by atoms with E-state index in [1.54, 1.807) is 0 Å². The smallest absolute Gasteiger partial charge is 0.00103 e. The number of nitrogens with zero attached hydrogens (tertiary/aromatic N) is 1. The quantitative estimate of drug-likeness (QED) is 0.734. The normalized spacial score (nSPS) is 31.7. The van der Waals surface area contributed by atoms with E-state index in [0.29, 0.717) is 0 Å². The molecule has 82 valence electrons. The van der Waals surface area contributed by atoms with Crippen LogP contribution in [0.25, 0.3) is 0 Å². The zero-order chi connectivity index (χ0) is 9.97. The largest absolute Gasteiger partial charge is 0.319 e. The Morgan fingerprint density at radius 2 is 2.07 bits per heavy atom. The van der Waals surface area contributed by atoms with Gasteiger partial charge in [-0.2, -0.15) is 0 Å². The summed E-state index contributed by atoms with van der Waals surface area (Å²) in [7, 11) is 4.36. The van der Waals surface area contributed by atoms with Crippen LogP contribution in [0.5, 0.6) is 0 Å². The first-order valence-corrected chi connectivity index (χ1v) is 6.14. The van der Waals surface area contributed by atoms with Crippen molar-refractivity contribution in [2.45, 2.75) is 25.7 Å². The topological polar surface area (TPSA) is 15.3 Å². The fourth-order valence-corrected chi connectivity index (χ4v) is 3.14. The SMILES string of the molecule is CNCC(C1CCC1)C1CCN(C)C1. The Morgan fingerprint density at radius 3 is 2.50 bits per heavy atom. The minimum atomic E-state index is 0.957. The van der Waals surface area contributed by atoms with Gasteiger partial charge in [0.25, 0.3) is 0 Å². The summed E-state index contributed by atoms with van der Waals surface area (Å²) in [5.74, 6) is 2.97. The Bertz CT molecular complexity index is 177. The Kier molecular flexibility index (Phi) is 3.45. The average molecular weight is 196 g/mol. The highest BCUT2D eigenvalue weighted by Gasteiger charge is 2.35. The van der Waals surface area contributed by atoms with Crippen LogP contribution in [0.1, 0.15) is 25.7 Å². The molecule has 1 aliphatic heterocycles. The maximum Gasteiger partial charge on any atom is 0.00103 e. The molecule has 0 spiro atoms. The molecule has 0 aromatic rings. The Hall–Kier alpha value is -0.0800. The van der Waals surface area contributed by atoms with E-state index in [1.807, 2.05) is 0 Å². The van der Waals surface area contributed by atoms with Crippen molar-refractivity contribution in [1.29, 1.82) is 0 Å². The van der Waals surface area contributed by atoms with Gasteiger partial charge in [-0.1, -0.05) is 19.3 Å². The molecule has 1 saturated carbocycles. The van der Waals surface area contributed by atoms with Gasteiger partial charge < -0.3 is 10.2 Å². The summed E-state index contributed by atoms with van der Waals surface area (Å²) in [6, 6.07) is 0. The van der Waals surface area contributed by atoms with Gasteiger partial charge in [0.15, 0.2) is 0 Å². The van der Waals surface area contributed by atoms with Crippen molar-refractivity contribution >= 4 is 0 Å². The second-order valence-corrected chi connectivity index (χ2v) is 5.22. The van der Waals surface area contributed by atoms with Crippen LogP contribution < -0.4 is 5.32 Å². The third-order valence-electron chi connectivity index (χ3n) is 4.23. The number of likely N-dealkylation sites (tertiary alicyclic amines) is 1. The van der Waals surface area contributed by atoms with E-state index in [9.17, 15) is 0 Å². The molecular formula is C12H24N2. The van der Waals surface area contributed by atoms with Crippen molar-refractivity contribution in [3.8, 4) is 0 Å². The van der Waals surface area contributed by atoms with E-state index in [-0.39, 0.29) is 0 Å². The van der Waals surface area contributed by atoms with Crippen LogP contribution in [0, 0.1) is 17.8 Å². The molecule has 2 atom stereocenters. The van der Waals surface area contributed by atoms with Gasteiger partial charge in [-0.05, 0) is 51.4 Å². The fraction of sp³-hybridized carbons (Fsp3) is 1.00. The van der Waals surface area contributed by atoms with Crippen LogP contribution in [0.2, 0.25) is 0 Å². The Labute approximate surface area is 88.1 Å². The molecule has 2 heteroatoms. The number of nitrogens with one attached hydrogen (secondary N) is 1. The lowest BCUT2D eigenvalue weighted by Crippen LogP contribution is -2.36. The third kappa shape index (κ3) is 2.12. The van der Waals surface area contributed by atoms with Crippen LogP contribution in [0.3, 0.4) is 0 Å². The second-order valence-electron chi connectivity index (χ2n) is 5.22. The lowest BCUT2D eigenvalue weighted by atomic mass is 9.70. The van der Waals surface area contributed by atoms with E-state index >= 15 is 0 Å². The molecule has 2 unspecified atom stereocenters. The van der Waals surface area contributed by atoms with Gasteiger partial charge in [-0.25, -0.2) is 0 Å². The molecule has 0 aromatic carbocycles. The van der Waals surface area contributed by atoms with Gasteiger partial charge in [0.05, 0.1) is 0 Å². The highest BCUT2D eigenvalue weighted by Crippen LogP contribution is 2.39. The first-order valence-electron chi connectivity index (χ1n) is 6.14. The molecule has 1 heterocycles. The van der Waals surface area contributed by atoms with E-state index in [1.165, 1.54) is 45.3 Å². The zero-order valence-electron chi connectivity index (χ0n) is 9.63. The lowest BCUT2D eigenvalue weighted by molar-refractivity contribution is 0.145. The van der Waals surface area contributed by atoms with Crippen LogP contribution in [0.15, 0.2) is 0 Å². The van der Waals surface area contributed by atoms with Crippen molar-refractivity contribution in [3.05, 3.63) is 0 Å². The fourth-order valence-electron chi connectivity index (χ4n) is 3.14. The van der Waals surface area contributed by atoms with Gasteiger partial charge in [-0.3, -0.25) is 0 Å². The average Bonchev–Trinajstić information content (AvgIpc) is 2.48. The van der Waals surface area contributed by atoms with Gasteiger partial charge in [0, 0.05) is 6.54 Å². The molecule has 1 aliphatic carbocycles. The third-order valence-corrected chi connectivity index (χ3v) is 4.23. The summed E-state index contributed by atoms with van der Waals surface area (Å²) in [4.78, 5) is 2.49. The maximum absolute atomic E-state index is 3.39.